The van der Waals surface area contributed by atoms with Crippen LogP contribution in [0.5, 0.6) is 0 Å². The van der Waals surface area contributed by atoms with Crippen LogP contribution in [0.1, 0.15) is 52.7 Å². The molecule has 0 aromatic heterocycles. The van der Waals surface area contributed by atoms with Gasteiger partial charge in [-0.1, -0.05) is 199 Å². The van der Waals surface area contributed by atoms with Crippen LogP contribution in [-0.2, 0) is 10.8 Å². The number of hydrogen-bond acceptors (Lipinski definition) is 0. The van der Waals surface area contributed by atoms with E-state index in [9.17, 15) is 0 Å². The number of hydrogen-bond donors (Lipinski definition) is 0. The highest BCUT2D eigenvalue weighted by molar-refractivity contribution is 6.22. The average molecular weight is 671 g/mol. The third kappa shape index (κ3) is 6.35. The molecular weight excluding hydrogens is 625 g/mol. The van der Waals surface area contributed by atoms with Crippen molar-refractivity contribution in [3.8, 4) is 55.6 Å². The first-order valence-corrected chi connectivity index (χ1v) is 18.5. The second-order valence-corrected chi connectivity index (χ2v) is 16.2. The first-order valence-electron chi connectivity index (χ1n) is 18.5. The maximum Gasteiger partial charge on any atom is -0.00261 e. The molecule has 0 saturated carbocycles. The average Bonchev–Trinajstić information content (AvgIpc) is 3.17. The summed E-state index contributed by atoms with van der Waals surface area (Å²) in [6.45, 7) is 13.7. The van der Waals surface area contributed by atoms with Gasteiger partial charge >= 0.3 is 0 Å². The lowest BCUT2D eigenvalue weighted by Crippen LogP contribution is -2.10. The largest absolute Gasteiger partial charge is 0.0622 e. The molecular formula is C52H46. The Bertz CT molecular complexity index is 2500. The minimum absolute atomic E-state index is 0.0121. The lowest BCUT2D eigenvalue weighted by atomic mass is 9.80. The van der Waals surface area contributed by atoms with Crippen LogP contribution in [0.15, 0.2) is 170 Å². The van der Waals surface area contributed by atoms with E-state index in [1.165, 1.54) is 88.3 Å². The van der Waals surface area contributed by atoms with Crippen LogP contribution in [0.4, 0.5) is 0 Å². The Hall–Kier alpha value is -5.72. The van der Waals surface area contributed by atoms with Gasteiger partial charge in [-0.05, 0) is 111 Å². The van der Waals surface area contributed by atoms with Gasteiger partial charge in [-0.2, -0.15) is 0 Å². The summed E-state index contributed by atoms with van der Waals surface area (Å²) in [5.74, 6) is 0. The molecule has 8 aromatic rings. The second-order valence-electron chi connectivity index (χ2n) is 16.2. The zero-order valence-corrected chi connectivity index (χ0v) is 31.2. The minimum Gasteiger partial charge on any atom is -0.0622 e. The van der Waals surface area contributed by atoms with Crippen LogP contribution < -0.4 is 0 Å². The summed E-state index contributed by atoms with van der Waals surface area (Å²) in [5, 5.41) is 5.09. The van der Waals surface area contributed by atoms with E-state index in [4.69, 9.17) is 0 Å². The molecule has 0 bridgehead atoms. The van der Waals surface area contributed by atoms with Crippen molar-refractivity contribution < 1.29 is 0 Å². The molecule has 8 rings (SSSR count). The maximum absolute atomic E-state index is 2.45. The van der Waals surface area contributed by atoms with Gasteiger partial charge in [-0.3, -0.25) is 0 Å². The van der Waals surface area contributed by atoms with E-state index in [1.807, 2.05) is 0 Å². The molecule has 0 aliphatic carbocycles. The molecule has 52 heavy (non-hydrogen) atoms. The van der Waals surface area contributed by atoms with Crippen molar-refractivity contribution in [3.05, 3.63) is 181 Å². The first kappa shape index (κ1) is 33.4. The Labute approximate surface area is 309 Å². The van der Waals surface area contributed by atoms with E-state index < -0.39 is 0 Å². The Balaban J connectivity index is 1.37. The fourth-order valence-corrected chi connectivity index (χ4v) is 7.58. The van der Waals surface area contributed by atoms with Gasteiger partial charge in [0.05, 0.1) is 0 Å². The van der Waals surface area contributed by atoms with Crippen LogP contribution in [0.25, 0.3) is 77.2 Å². The van der Waals surface area contributed by atoms with Crippen LogP contribution >= 0.6 is 0 Å². The van der Waals surface area contributed by atoms with Crippen molar-refractivity contribution in [3.63, 3.8) is 0 Å². The van der Waals surface area contributed by atoms with Crippen LogP contribution in [-0.4, -0.2) is 0 Å². The standard InChI is InChI=1S/C52H46/c1-51(2,3)43-28-25-39(26-29-43)38-19-23-41(24-20-38)50-45-31-27-42(36-15-11-8-12-16-36)33-47(45)49(46-32-30-44(34-48(46)50)52(4,5)6)40-21-17-37(18-22-40)35-13-9-7-10-14-35/h7-34H,1-6H3. The summed E-state index contributed by atoms with van der Waals surface area (Å²) < 4.78 is 0. The van der Waals surface area contributed by atoms with Crippen molar-refractivity contribution in [1.29, 1.82) is 0 Å². The number of benzene rings is 8. The predicted octanol–water partition coefficient (Wildman–Crippen LogP) is 14.9. The first-order chi connectivity index (χ1) is 25.0. The molecule has 8 aromatic carbocycles. The number of fused-ring (bicyclic) bond motifs is 2. The normalized spacial score (nSPS) is 12.0. The molecule has 0 aliphatic heterocycles. The van der Waals surface area contributed by atoms with Gasteiger partial charge in [0.2, 0.25) is 0 Å². The van der Waals surface area contributed by atoms with Crippen LogP contribution in [0, 0.1) is 0 Å². The van der Waals surface area contributed by atoms with E-state index >= 15 is 0 Å². The zero-order chi connectivity index (χ0) is 36.0. The van der Waals surface area contributed by atoms with Crippen LogP contribution in [0.2, 0.25) is 0 Å². The van der Waals surface area contributed by atoms with Gasteiger partial charge in [0.1, 0.15) is 0 Å². The van der Waals surface area contributed by atoms with Gasteiger partial charge in [0.15, 0.2) is 0 Å². The third-order valence-electron chi connectivity index (χ3n) is 10.6. The van der Waals surface area contributed by atoms with E-state index in [0.29, 0.717) is 0 Å². The van der Waals surface area contributed by atoms with E-state index in [-0.39, 0.29) is 10.8 Å². The molecule has 0 N–H and O–H groups in total. The Kier molecular flexibility index (Phi) is 8.43. The summed E-state index contributed by atoms with van der Waals surface area (Å²) in [4.78, 5) is 0. The summed E-state index contributed by atoms with van der Waals surface area (Å²) >= 11 is 0. The second kappa shape index (κ2) is 13.1. The molecule has 0 fully saturated rings. The zero-order valence-electron chi connectivity index (χ0n) is 31.2. The van der Waals surface area contributed by atoms with Crippen LogP contribution in [0.3, 0.4) is 0 Å². The van der Waals surface area contributed by atoms with E-state index in [0.717, 1.165) is 0 Å². The SMILES string of the molecule is CC(C)(C)c1ccc(-c2ccc(-c3c4ccc(-c5ccccc5)cc4c(-c4ccc(-c5ccccc5)cc4)c4ccc(C(C)(C)C)cc34)cc2)cc1. The van der Waals surface area contributed by atoms with Crippen molar-refractivity contribution in [1.82, 2.24) is 0 Å². The van der Waals surface area contributed by atoms with E-state index in [1.54, 1.807) is 0 Å². The molecule has 0 nitrogen and oxygen atoms in total. The number of rotatable bonds is 5. The highest BCUT2D eigenvalue weighted by Gasteiger charge is 2.21. The quantitative estimate of drug-likeness (QED) is 0.160. The third-order valence-corrected chi connectivity index (χ3v) is 10.6. The highest BCUT2D eigenvalue weighted by Crippen LogP contribution is 2.46. The van der Waals surface area contributed by atoms with Crippen molar-refractivity contribution >= 4 is 21.5 Å². The van der Waals surface area contributed by atoms with E-state index in [2.05, 4.69) is 211 Å². The highest BCUT2D eigenvalue weighted by atomic mass is 14.2. The smallest absolute Gasteiger partial charge is 0.00261 e. The summed E-state index contributed by atoms with van der Waals surface area (Å²) in [6.07, 6.45) is 0. The van der Waals surface area contributed by atoms with Crippen molar-refractivity contribution in [2.24, 2.45) is 0 Å². The molecule has 254 valence electrons. The molecule has 0 atom stereocenters. The lowest BCUT2D eigenvalue weighted by Gasteiger charge is -2.23. The molecule has 0 heteroatoms. The van der Waals surface area contributed by atoms with Gasteiger partial charge in [-0.25, -0.2) is 0 Å². The van der Waals surface area contributed by atoms with Gasteiger partial charge in [-0.15, -0.1) is 0 Å². The molecule has 0 unspecified atom stereocenters. The summed E-state index contributed by atoms with van der Waals surface area (Å²) in [7, 11) is 0. The fraction of sp³-hybridized carbons (Fsp3) is 0.154. The van der Waals surface area contributed by atoms with Crippen molar-refractivity contribution in [2.75, 3.05) is 0 Å². The van der Waals surface area contributed by atoms with Gasteiger partial charge in [0.25, 0.3) is 0 Å². The topological polar surface area (TPSA) is 0 Å². The van der Waals surface area contributed by atoms with Gasteiger partial charge in [0, 0.05) is 0 Å². The molecule has 0 radical (unpaired) electrons. The molecule has 0 aliphatic rings. The minimum atomic E-state index is 0.0121. The molecule has 0 heterocycles. The molecule has 0 spiro atoms. The monoisotopic (exact) mass is 670 g/mol. The fourth-order valence-electron chi connectivity index (χ4n) is 7.58. The molecule has 0 saturated heterocycles. The molecule has 0 amide bonds. The predicted molar refractivity (Wildman–Crippen MR) is 226 cm³/mol. The lowest BCUT2D eigenvalue weighted by molar-refractivity contribution is 0.590. The van der Waals surface area contributed by atoms with Crippen molar-refractivity contribution in [2.45, 2.75) is 52.4 Å². The van der Waals surface area contributed by atoms with Gasteiger partial charge < -0.3 is 0 Å². The summed E-state index contributed by atoms with van der Waals surface area (Å²) in [6, 6.07) is 63.1. The Morgan fingerprint density at radius 2 is 0.577 bits per heavy atom. The maximum atomic E-state index is 2.45. The Morgan fingerprint density at radius 1 is 0.250 bits per heavy atom. The summed E-state index contributed by atoms with van der Waals surface area (Å²) in [5.41, 5.74) is 15.2. The Morgan fingerprint density at radius 3 is 1.04 bits per heavy atom.